The van der Waals surface area contributed by atoms with Gasteiger partial charge < -0.3 is 4.74 Å². The summed E-state index contributed by atoms with van der Waals surface area (Å²) in [6.07, 6.45) is 21.0. The fourth-order valence-corrected chi connectivity index (χ4v) is 4.45. The molecular formula is C20H34O. The zero-order valence-electron chi connectivity index (χ0n) is 13.9. The molecule has 2 rings (SSSR count). The van der Waals surface area contributed by atoms with Crippen molar-refractivity contribution in [3.8, 4) is 0 Å². The molecule has 0 amide bonds. The van der Waals surface area contributed by atoms with E-state index >= 15 is 0 Å². The number of methoxy groups -OCH3 is 1. The van der Waals surface area contributed by atoms with Gasteiger partial charge in [-0.25, -0.2) is 0 Å². The molecule has 2 fully saturated rings. The standard InChI is InChI=1S/C20H34O/c1-3-4-6-17-8-12-19(13-9-17)20-14-10-18(11-15-20)7-5-16-21-2/h3,5,7,17-20H,1,4,6,8-16H2,2H3/b7-5+. The maximum Gasteiger partial charge on any atom is 0.0643 e. The van der Waals surface area contributed by atoms with Crippen molar-refractivity contribution < 1.29 is 4.74 Å². The lowest BCUT2D eigenvalue weighted by Gasteiger charge is -2.37. The zero-order valence-corrected chi connectivity index (χ0v) is 13.9. The lowest BCUT2D eigenvalue weighted by Crippen LogP contribution is -2.25. The summed E-state index contributed by atoms with van der Waals surface area (Å²) in [5, 5.41) is 0. The van der Waals surface area contributed by atoms with E-state index in [1.807, 2.05) is 0 Å². The summed E-state index contributed by atoms with van der Waals surface area (Å²) in [5.41, 5.74) is 0. The van der Waals surface area contributed by atoms with Gasteiger partial charge in [0.15, 0.2) is 0 Å². The van der Waals surface area contributed by atoms with E-state index in [0.29, 0.717) is 0 Å². The van der Waals surface area contributed by atoms with Crippen LogP contribution in [0.5, 0.6) is 0 Å². The highest BCUT2D eigenvalue weighted by Crippen LogP contribution is 2.42. The van der Waals surface area contributed by atoms with Gasteiger partial charge in [0, 0.05) is 7.11 Å². The van der Waals surface area contributed by atoms with Crippen molar-refractivity contribution in [1.82, 2.24) is 0 Å². The molecule has 1 nitrogen and oxygen atoms in total. The minimum absolute atomic E-state index is 0.772. The average molecular weight is 290 g/mol. The summed E-state index contributed by atoms with van der Waals surface area (Å²) in [6.45, 7) is 4.63. The van der Waals surface area contributed by atoms with Crippen LogP contribution in [0.15, 0.2) is 24.8 Å². The van der Waals surface area contributed by atoms with E-state index in [-0.39, 0.29) is 0 Å². The highest BCUT2D eigenvalue weighted by molar-refractivity contribution is 4.92. The van der Waals surface area contributed by atoms with Crippen molar-refractivity contribution in [1.29, 1.82) is 0 Å². The number of rotatable bonds is 7. The van der Waals surface area contributed by atoms with Crippen LogP contribution < -0.4 is 0 Å². The van der Waals surface area contributed by atoms with Crippen LogP contribution in [0.1, 0.15) is 64.2 Å². The van der Waals surface area contributed by atoms with Crippen molar-refractivity contribution >= 4 is 0 Å². The van der Waals surface area contributed by atoms with Crippen LogP contribution >= 0.6 is 0 Å². The molecule has 0 aromatic carbocycles. The van der Waals surface area contributed by atoms with Crippen LogP contribution in [0.4, 0.5) is 0 Å². The molecular weight excluding hydrogens is 256 g/mol. The van der Waals surface area contributed by atoms with Crippen molar-refractivity contribution in [2.45, 2.75) is 64.2 Å². The summed E-state index contributed by atoms with van der Waals surface area (Å²) < 4.78 is 5.09. The molecule has 2 saturated carbocycles. The monoisotopic (exact) mass is 290 g/mol. The van der Waals surface area contributed by atoms with E-state index in [9.17, 15) is 0 Å². The molecule has 0 aromatic heterocycles. The fourth-order valence-electron chi connectivity index (χ4n) is 4.45. The highest BCUT2D eigenvalue weighted by Gasteiger charge is 2.29. The third-order valence-corrected chi connectivity index (χ3v) is 5.82. The Morgan fingerprint density at radius 2 is 1.57 bits per heavy atom. The van der Waals surface area contributed by atoms with Gasteiger partial charge in [0.25, 0.3) is 0 Å². The molecule has 0 unspecified atom stereocenters. The number of allylic oxidation sites excluding steroid dienone is 2. The minimum atomic E-state index is 0.772. The van der Waals surface area contributed by atoms with Crippen molar-refractivity contribution in [3.05, 3.63) is 24.8 Å². The Hall–Kier alpha value is -0.560. The fraction of sp³-hybridized carbons (Fsp3) is 0.800. The Balaban J connectivity index is 1.65. The summed E-state index contributed by atoms with van der Waals surface area (Å²) in [5.74, 6) is 3.87. The van der Waals surface area contributed by atoms with Crippen LogP contribution in [0.2, 0.25) is 0 Å². The van der Waals surface area contributed by atoms with Crippen molar-refractivity contribution in [3.63, 3.8) is 0 Å². The van der Waals surface area contributed by atoms with E-state index < -0.39 is 0 Å². The van der Waals surface area contributed by atoms with E-state index in [2.05, 4.69) is 24.8 Å². The second kappa shape index (κ2) is 9.46. The van der Waals surface area contributed by atoms with Gasteiger partial charge in [0.05, 0.1) is 6.61 Å². The van der Waals surface area contributed by atoms with Gasteiger partial charge in [0.2, 0.25) is 0 Å². The van der Waals surface area contributed by atoms with Crippen LogP contribution in [-0.2, 0) is 4.74 Å². The predicted octanol–water partition coefficient (Wildman–Crippen LogP) is 5.77. The molecule has 0 atom stereocenters. The largest absolute Gasteiger partial charge is 0.381 e. The Labute approximate surface area is 131 Å². The first-order chi connectivity index (χ1) is 10.3. The first-order valence-corrected chi connectivity index (χ1v) is 9.10. The third-order valence-electron chi connectivity index (χ3n) is 5.82. The van der Waals surface area contributed by atoms with E-state index in [0.717, 1.165) is 30.3 Å². The lowest BCUT2D eigenvalue weighted by atomic mass is 9.68. The molecule has 0 aromatic rings. The number of ether oxygens (including phenoxy) is 1. The van der Waals surface area contributed by atoms with Crippen LogP contribution in [0, 0.1) is 23.7 Å². The van der Waals surface area contributed by atoms with E-state index in [4.69, 9.17) is 4.74 Å². The number of hydrogen-bond donors (Lipinski definition) is 0. The van der Waals surface area contributed by atoms with Gasteiger partial charge in [-0.05, 0) is 75.0 Å². The Morgan fingerprint density at radius 1 is 0.952 bits per heavy atom. The molecule has 0 N–H and O–H groups in total. The summed E-state index contributed by atoms with van der Waals surface area (Å²) in [4.78, 5) is 0. The molecule has 0 aliphatic heterocycles. The Morgan fingerprint density at radius 3 is 2.14 bits per heavy atom. The lowest BCUT2D eigenvalue weighted by molar-refractivity contribution is 0.152. The SMILES string of the molecule is C=CCCC1CCC(C2CCC(/C=C/COC)CC2)CC1. The van der Waals surface area contributed by atoms with Gasteiger partial charge in [-0.15, -0.1) is 6.58 Å². The maximum atomic E-state index is 5.09. The maximum absolute atomic E-state index is 5.09. The van der Waals surface area contributed by atoms with Crippen molar-refractivity contribution in [2.24, 2.45) is 23.7 Å². The molecule has 120 valence electrons. The third kappa shape index (κ3) is 5.62. The van der Waals surface area contributed by atoms with Gasteiger partial charge in [-0.1, -0.05) is 31.1 Å². The van der Waals surface area contributed by atoms with Gasteiger partial charge >= 0.3 is 0 Å². The minimum Gasteiger partial charge on any atom is -0.381 e. The van der Waals surface area contributed by atoms with Crippen LogP contribution in [0.3, 0.4) is 0 Å². The second-order valence-corrected chi connectivity index (χ2v) is 7.21. The average Bonchev–Trinajstić information content (AvgIpc) is 2.54. The number of hydrogen-bond acceptors (Lipinski definition) is 1. The second-order valence-electron chi connectivity index (χ2n) is 7.21. The van der Waals surface area contributed by atoms with Crippen LogP contribution in [0.25, 0.3) is 0 Å². The first-order valence-electron chi connectivity index (χ1n) is 9.10. The van der Waals surface area contributed by atoms with Crippen molar-refractivity contribution in [2.75, 3.05) is 13.7 Å². The quantitative estimate of drug-likeness (QED) is 0.541. The zero-order chi connectivity index (χ0) is 14.9. The topological polar surface area (TPSA) is 9.23 Å². The van der Waals surface area contributed by atoms with E-state index in [1.165, 1.54) is 64.2 Å². The molecule has 0 heterocycles. The Kier molecular flexibility index (Phi) is 7.57. The molecule has 2 aliphatic carbocycles. The van der Waals surface area contributed by atoms with Gasteiger partial charge in [-0.3, -0.25) is 0 Å². The molecule has 0 radical (unpaired) electrons. The molecule has 0 spiro atoms. The van der Waals surface area contributed by atoms with Gasteiger partial charge in [-0.2, -0.15) is 0 Å². The molecule has 21 heavy (non-hydrogen) atoms. The van der Waals surface area contributed by atoms with E-state index in [1.54, 1.807) is 7.11 Å². The van der Waals surface area contributed by atoms with Gasteiger partial charge in [0.1, 0.15) is 0 Å². The summed E-state index contributed by atoms with van der Waals surface area (Å²) in [6, 6.07) is 0. The normalized spacial score (nSPS) is 34.1. The van der Waals surface area contributed by atoms with Crippen LogP contribution in [-0.4, -0.2) is 13.7 Å². The molecule has 2 aliphatic rings. The summed E-state index contributed by atoms with van der Waals surface area (Å²) in [7, 11) is 1.77. The predicted molar refractivity (Wildman–Crippen MR) is 91.3 cm³/mol. The molecule has 0 saturated heterocycles. The molecule has 1 heteroatoms. The Bertz CT molecular complexity index is 304. The smallest absolute Gasteiger partial charge is 0.0643 e. The highest BCUT2D eigenvalue weighted by atomic mass is 16.5. The molecule has 0 bridgehead atoms. The summed E-state index contributed by atoms with van der Waals surface area (Å²) >= 11 is 0. The first kappa shape index (κ1) is 16.8.